The number of methoxy groups -OCH3 is 1. The van der Waals surface area contributed by atoms with Crippen LogP contribution in [0.25, 0.3) is 0 Å². The minimum atomic E-state index is -1.10. The highest BCUT2D eigenvalue weighted by Gasteiger charge is 2.49. The van der Waals surface area contributed by atoms with Crippen LogP contribution in [0, 0.1) is 16.2 Å². The maximum absolute atomic E-state index is 12.3. The Morgan fingerprint density at radius 3 is 1.78 bits per heavy atom. The van der Waals surface area contributed by atoms with E-state index in [0.29, 0.717) is 6.42 Å². The fraction of sp³-hybridized carbons (Fsp3) is 0.824. The third-order valence-electron chi connectivity index (χ3n) is 4.42. The molecule has 6 nitrogen and oxygen atoms in total. The molecular weight excluding hydrogens is 300 g/mol. The van der Waals surface area contributed by atoms with Gasteiger partial charge in [0.1, 0.15) is 0 Å². The van der Waals surface area contributed by atoms with Crippen molar-refractivity contribution >= 4 is 17.9 Å². The summed E-state index contributed by atoms with van der Waals surface area (Å²) in [5, 5.41) is 9.50. The lowest BCUT2D eigenvalue weighted by atomic mass is 9.65. The molecule has 2 unspecified atom stereocenters. The van der Waals surface area contributed by atoms with Crippen molar-refractivity contribution in [1.29, 1.82) is 0 Å². The molecule has 0 fully saturated rings. The van der Waals surface area contributed by atoms with Gasteiger partial charge in [-0.25, -0.2) is 0 Å². The lowest BCUT2D eigenvalue weighted by Gasteiger charge is -2.38. The number of ether oxygens (including phenoxy) is 2. The minimum Gasteiger partial charge on any atom is -0.481 e. The molecule has 0 amide bonds. The molecule has 0 saturated carbocycles. The Morgan fingerprint density at radius 2 is 1.43 bits per heavy atom. The Balaban J connectivity index is 5.64. The summed E-state index contributed by atoms with van der Waals surface area (Å²) in [4.78, 5) is 36.1. The molecular formula is C17H30O6. The highest BCUT2D eigenvalue weighted by Crippen LogP contribution is 2.45. The van der Waals surface area contributed by atoms with Crippen LogP contribution in [0.3, 0.4) is 0 Å². The van der Waals surface area contributed by atoms with E-state index in [9.17, 15) is 19.5 Å². The van der Waals surface area contributed by atoms with Crippen LogP contribution in [-0.4, -0.2) is 36.7 Å². The van der Waals surface area contributed by atoms with Crippen LogP contribution in [0.1, 0.15) is 60.8 Å². The molecule has 0 aromatic heterocycles. The molecule has 6 heteroatoms. The zero-order valence-electron chi connectivity index (χ0n) is 15.3. The highest BCUT2D eigenvalue weighted by atomic mass is 16.5. The average Bonchev–Trinajstić information content (AvgIpc) is 2.45. The van der Waals surface area contributed by atoms with Crippen molar-refractivity contribution in [3.8, 4) is 0 Å². The zero-order valence-corrected chi connectivity index (χ0v) is 15.3. The average molecular weight is 330 g/mol. The summed E-state index contributed by atoms with van der Waals surface area (Å²) in [6, 6.07) is 0. The van der Waals surface area contributed by atoms with Gasteiger partial charge in [0.15, 0.2) is 0 Å². The molecule has 0 heterocycles. The van der Waals surface area contributed by atoms with E-state index in [1.54, 1.807) is 41.5 Å². The first-order valence-corrected chi connectivity index (χ1v) is 7.87. The summed E-state index contributed by atoms with van der Waals surface area (Å²) in [6.07, 6.45) is 0.602. The summed E-state index contributed by atoms with van der Waals surface area (Å²) in [6.45, 7) is 10.4. The van der Waals surface area contributed by atoms with Crippen LogP contribution in [0.4, 0.5) is 0 Å². The summed E-state index contributed by atoms with van der Waals surface area (Å²) < 4.78 is 9.95. The molecule has 23 heavy (non-hydrogen) atoms. The number of hydrogen-bond acceptors (Lipinski definition) is 5. The first kappa shape index (κ1) is 21.4. The van der Waals surface area contributed by atoms with Gasteiger partial charge in [0.2, 0.25) is 0 Å². The lowest BCUT2D eigenvalue weighted by molar-refractivity contribution is -0.165. The van der Waals surface area contributed by atoms with Gasteiger partial charge in [-0.15, -0.1) is 0 Å². The Bertz CT molecular complexity index is 456. The van der Waals surface area contributed by atoms with Gasteiger partial charge in [-0.3, -0.25) is 14.4 Å². The third-order valence-corrected chi connectivity index (χ3v) is 4.42. The molecule has 0 aromatic rings. The van der Waals surface area contributed by atoms with E-state index in [1.807, 2.05) is 0 Å². The van der Waals surface area contributed by atoms with E-state index in [-0.39, 0.29) is 19.4 Å². The van der Waals surface area contributed by atoms with Crippen molar-refractivity contribution in [3.05, 3.63) is 0 Å². The number of carbonyl (C=O) groups excluding carboxylic acids is 2. The largest absolute Gasteiger partial charge is 0.481 e. The second-order valence-corrected chi connectivity index (χ2v) is 7.23. The fourth-order valence-electron chi connectivity index (χ4n) is 3.04. The maximum atomic E-state index is 12.3. The number of aliphatic carboxylic acids is 1. The van der Waals surface area contributed by atoms with Gasteiger partial charge >= 0.3 is 17.9 Å². The van der Waals surface area contributed by atoms with E-state index in [1.165, 1.54) is 7.11 Å². The van der Waals surface area contributed by atoms with Crippen molar-refractivity contribution in [2.24, 2.45) is 16.2 Å². The van der Waals surface area contributed by atoms with E-state index >= 15 is 0 Å². The molecule has 134 valence electrons. The zero-order chi connectivity index (χ0) is 18.5. The van der Waals surface area contributed by atoms with Gasteiger partial charge < -0.3 is 14.6 Å². The molecule has 0 aliphatic rings. The molecule has 0 aromatic carbocycles. The molecule has 1 N–H and O–H groups in total. The summed E-state index contributed by atoms with van der Waals surface area (Å²) >= 11 is 0. The summed E-state index contributed by atoms with van der Waals surface area (Å²) in [7, 11) is 1.27. The van der Waals surface area contributed by atoms with Crippen LogP contribution in [0.15, 0.2) is 0 Å². The number of rotatable bonds is 9. The first-order valence-electron chi connectivity index (χ1n) is 7.87. The normalized spacial score (nSPS) is 16.8. The first-order chi connectivity index (χ1) is 10.4. The van der Waals surface area contributed by atoms with Crippen LogP contribution >= 0.6 is 0 Å². The Morgan fingerprint density at radius 1 is 0.913 bits per heavy atom. The van der Waals surface area contributed by atoms with Crippen molar-refractivity contribution in [2.45, 2.75) is 60.8 Å². The van der Waals surface area contributed by atoms with Crippen LogP contribution in [-0.2, 0) is 23.9 Å². The predicted molar refractivity (Wildman–Crippen MR) is 85.8 cm³/mol. The number of carboxylic acids is 1. The van der Waals surface area contributed by atoms with E-state index < -0.39 is 34.2 Å². The standard InChI is InChI=1S/C17H30O6/c1-8-16(5,12(18)19)11-17(6,14(21)22-7)10-15(3,4)13(20)23-9-2/h8-11H2,1-7H3,(H,18,19). The van der Waals surface area contributed by atoms with Gasteiger partial charge in [0, 0.05) is 0 Å². The Labute approximate surface area is 138 Å². The van der Waals surface area contributed by atoms with Crippen molar-refractivity contribution in [2.75, 3.05) is 13.7 Å². The number of carbonyl (C=O) groups is 3. The quantitative estimate of drug-likeness (QED) is 0.654. The van der Waals surface area contributed by atoms with Gasteiger partial charge in [0.25, 0.3) is 0 Å². The summed E-state index contributed by atoms with van der Waals surface area (Å²) in [5.74, 6) is -1.90. The Hall–Kier alpha value is -1.59. The van der Waals surface area contributed by atoms with Crippen LogP contribution < -0.4 is 0 Å². The summed E-state index contributed by atoms with van der Waals surface area (Å²) in [5.41, 5.74) is -3.10. The van der Waals surface area contributed by atoms with Gasteiger partial charge in [0.05, 0.1) is 30.0 Å². The second-order valence-electron chi connectivity index (χ2n) is 7.23. The third kappa shape index (κ3) is 5.22. The second kappa shape index (κ2) is 7.79. The van der Waals surface area contributed by atoms with Gasteiger partial charge in [-0.05, 0) is 53.9 Å². The van der Waals surface area contributed by atoms with E-state index in [0.717, 1.165) is 0 Å². The molecule has 0 aliphatic carbocycles. The lowest BCUT2D eigenvalue weighted by Crippen LogP contribution is -2.43. The minimum absolute atomic E-state index is 0.0847. The topological polar surface area (TPSA) is 89.9 Å². The SMILES string of the molecule is CCOC(=O)C(C)(C)CC(C)(CC(C)(CC)C(=O)O)C(=O)OC. The molecule has 0 aliphatic heterocycles. The highest BCUT2D eigenvalue weighted by molar-refractivity contribution is 5.82. The molecule has 0 radical (unpaired) electrons. The predicted octanol–water partition coefficient (Wildman–Crippen LogP) is 3.04. The number of esters is 2. The number of hydrogen-bond donors (Lipinski definition) is 1. The van der Waals surface area contributed by atoms with Crippen LogP contribution in [0.2, 0.25) is 0 Å². The van der Waals surface area contributed by atoms with Crippen molar-refractivity contribution < 1.29 is 29.0 Å². The smallest absolute Gasteiger partial charge is 0.311 e. The number of carboxylic acid groups (broad SMARTS) is 1. The van der Waals surface area contributed by atoms with Crippen LogP contribution in [0.5, 0.6) is 0 Å². The van der Waals surface area contributed by atoms with E-state index in [4.69, 9.17) is 9.47 Å². The molecule has 0 bridgehead atoms. The van der Waals surface area contributed by atoms with Crippen molar-refractivity contribution in [1.82, 2.24) is 0 Å². The molecule has 0 saturated heterocycles. The fourth-order valence-corrected chi connectivity index (χ4v) is 3.04. The van der Waals surface area contributed by atoms with Gasteiger partial charge in [-0.2, -0.15) is 0 Å². The molecule has 0 rings (SSSR count). The van der Waals surface area contributed by atoms with Gasteiger partial charge in [-0.1, -0.05) is 6.92 Å². The molecule has 0 spiro atoms. The molecule has 2 atom stereocenters. The Kier molecular flexibility index (Phi) is 7.26. The van der Waals surface area contributed by atoms with Crippen molar-refractivity contribution in [3.63, 3.8) is 0 Å². The monoisotopic (exact) mass is 330 g/mol. The van der Waals surface area contributed by atoms with E-state index in [2.05, 4.69) is 0 Å². The maximum Gasteiger partial charge on any atom is 0.311 e.